The largest absolute Gasteiger partial charge is 0.433 e. The van der Waals surface area contributed by atoms with Crippen LogP contribution in [0.5, 0.6) is 0 Å². The van der Waals surface area contributed by atoms with Crippen molar-refractivity contribution in [3.05, 3.63) is 59.6 Å². The quantitative estimate of drug-likeness (QED) is 0.252. The molecule has 7 rings (SSSR count). The van der Waals surface area contributed by atoms with Crippen LogP contribution in [0, 0.1) is 11.2 Å². The molecule has 1 N–H and O–H groups in total. The Morgan fingerprint density at radius 1 is 1.04 bits per heavy atom. The van der Waals surface area contributed by atoms with Gasteiger partial charge in [-0.05, 0) is 102 Å². The Bertz CT molecular complexity index is 1550. The number of ether oxygens (including phenoxy) is 1. The maximum absolute atomic E-state index is 15.1. The molecule has 3 aromatic rings. The highest BCUT2D eigenvalue weighted by Gasteiger charge is 2.55. The lowest BCUT2D eigenvalue weighted by atomic mass is 9.53. The minimum absolute atomic E-state index is 0.00929. The molecule has 4 aliphatic carbocycles. The molecule has 4 aliphatic rings. The standard InChI is InChI=1S/C33H38F4N4O4/c1-29(2,43)22-9-7-20(8-10-22)23-17-25(38-18-24(23)34)41(28(42)44-30(3,4)33(35,36)37)19-31-11-14-32(15-12-31,16-13-31)27-39-26(45-40-27)21-5-6-21/h7-10,17-18,21,43H,5-6,11-16,19H2,1-4H3. The molecule has 0 saturated heterocycles. The molecular formula is C33H38F4N4O4. The first-order valence-corrected chi connectivity index (χ1v) is 15.4. The van der Waals surface area contributed by atoms with Crippen LogP contribution in [0.3, 0.4) is 0 Å². The molecule has 1 aromatic carbocycles. The number of benzene rings is 1. The molecule has 0 unspecified atom stereocenters. The van der Waals surface area contributed by atoms with Gasteiger partial charge in [0.15, 0.2) is 5.82 Å². The average molecular weight is 631 g/mol. The fourth-order valence-corrected chi connectivity index (χ4v) is 6.54. The molecule has 0 atom stereocenters. The van der Waals surface area contributed by atoms with Gasteiger partial charge in [-0.1, -0.05) is 29.4 Å². The van der Waals surface area contributed by atoms with Crippen LogP contribution in [0.15, 0.2) is 41.1 Å². The van der Waals surface area contributed by atoms with Gasteiger partial charge in [-0.2, -0.15) is 18.2 Å². The topological polar surface area (TPSA) is 102 Å². The maximum atomic E-state index is 15.1. The number of carbonyl (C=O) groups is 1. The van der Waals surface area contributed by atoms with Gasteiger partial charge in [0.1, 0.15) is 11.6 Å². The molecular weight excluding hydrogens is 592 g/mol. The monoisotopic (exact) mass is 630 g/mol. The van der Waals surface area contributed by atoms with Crippen molar-refractivity contribution in [2.45, 2.75) is 108 Å². The van der Waals surface area contributed by atoms with Gasteiger partial charge in [-0.25, -0.2) is 14.2 Å². The number of nitrogens with zero attached hydrogens (tertiary/aromatic N) is 4. The van der Waals surface area contributed by atoms with E-state index in [9.17, 15) is 23.1 Å². The molecule has 0 radical (unpaired) electrons. The van der Waals surface area contributed by atoms with E-state index in [0.29, 0.717) is 42.2 Å². The van der Waals surface area contributed by atoms with Crippen molar-refractivity contribution in [1.29, 1.82) is 0 Å². The molecule has 4 fully saturated rings. The second-order valence-electron chi connectivity index (χ2n) is 14.1. The third kappa shape index (κ3) is 6.05. The summed E-state index contributed by atoms with van der Waals surface area (Å²) in [5.41, 5.74) is -3.31. The summed E-state index contributed by atoms with van der Waals surface area (Å²) in [4.78, 5) is 23.6. The summed E-state index contributed by atoms with van der Waals surface area (Å²) in [5.74, 6) is 1.09. The Hall–Kier alpha value is -3.54. The first-order chi connectivity index (χ1) is 21.0. The lowest BCUT2D eigenvalue weighted by Gasteiger charge is -2.53. The zero-order valence-corrected chi connectivity index (χ0v) is 25.9. The van der Waals surface area contributed by atoms with Crippen molar-refractivity contribution in [3.8, 4) is 11.1 Å². The predicted molar refractivity (Wildman–Crippen MR) is 157 cm³/mol. The number of fused-ring (bicyclic) bond motifs is 3. The summed E-state index contributed by atoms with van der Waals surface area (Å²) in [6.45, 7) is 4.92. The van der Waals surface area contributed by atoms with Crippen LogP contribution in [0.2, 0.25) is 0 Å². The number of hydrogen-bond donors (Lipinski definition) is 1. The van der Waals surface area contributed by atoms with E-state index in [1.54, 1.807) is 38.1 Å². The summed E-state index contributed by atoms with van der Waals surface area (Å²) < 4.78 is 67.1. The Morgan fingerprint density at radius 2 is 1.67 bits per heavy atom. The number of pyridine rings is 1. The van der Waals surface area contributed by atoms with Crippen molar-refractivity contribution in [2.75, 3.05) is 11.4 Å². The van der Waals surface area contributed by atoms with E-state index in [1.807, 2.05) is 0 Å². The predicted octanol–water partition coefficient (Wildman–Crippen LogP) is 7.95. The Labute approximate surface area is 259 Å². The number of alkyl halides is 3. The van der Waals surface area contributed by atoms with E-state index in [1.165, 1.54) is 6.07 Å². The number of hydrogen-bond acceptors (Lipinski definition) is 7. The summed E-state index contributed by atoms with van der Waals surface area (Å²) in [6.07, 6.45) is 1.40. The van der Waals surface area contributed by atoms with Crippen molar-refractivity contribution in [1.82, 2.24) is 15.1 Å². The molecule has 45 heavy (non-hydrogen) atoms. The van der Waals surface area contributed by atoms with Gasteiger partial charge in [-0.15, -0.1) is 0 Å². The third-order valence-corrected chi connectivity index (χ3v) is 10.0. The maximum Gasteiger partial charge on any atom is 0.427 e. The molecule has 2 aromatic heterocycles. The van der Waals surface area contributed by atoms with Crippen LogP contribution in [0.25, 0.3) is 11.1 Å². The highest BCUT2D eigenvalue weighted by Crippen LogP contribution is 2.58. The Morgan fingerprint density at radius 3 is 2.22 bits per heavy atom. The van der Waals surface area contributed by atoms with Crippen LogP contribution < -0.4 is 4.90 Å². The first-order valence-electron chi connectivity index (χ1n) is 15.4. The van der Waals surface area contributed by atoms with Crippen LogP contribution in [-0.4, -0.2) is 44.6 Å². The number of rotatable bonds is 8. The highest BCUT2D eigenvalue weighted by atomic mass is 19.4. The zero-order valence-electron chi connectivity index (χ0n) is 25.9. The van der Waals surface area contributed by atoms with E-state index < -0.39 is 34.7 Å². The molecule has 4 saturated carbocycles. The molecule has 2 bridgehead atoms. The molecule has 242 valence electrons. The smallest absolute Gasteiger partial charge is 0.427 e. The lowest BCUT2D eigenvalue weighted by Crippen LogP contribution is -2.53. The summed E-state index contributed by atoms with van der Waals surface area (Å²) in [7, 11) is 0. The van der Waals surface area contributed by atoms with Gasteiger partial charge in [0, 0.05) is 23.4 Å². The Kier molecular flexibility index (Phi) is 7.53. The molecule has 8 nitrogen and oxygen atoms in total. The summed E-state index contributed by atoms with van der Waals surface area (Å²) >= 11 is 0. The number of aromatic nitrogens is 3. The summed E-state index contributed by atoms with van der Waals surface area (Å²) in [5, 5.41) is 14.6. The van der Waals surface area contributed by atoms with Crippen molar-refractivity contribution in [3.63, 3.8) is 0 Å². The van der Waals surface area contributed by atoms with E-state index in [-0.39, 0.29) is 23.3 Å². The number of amides is 1. The first kappa shape index (κ1) is 31.4. The van der Waals surface area contributed by atoms with Gasteiger partial charge in [0.2, 0.25) is 11.5 Å². The highest BCUT2D eigenvalue weighted by molar-refractivity contribution is 5.88. The molecule has 0 aliphatic heterocycles. The zero-order chi connectivity index (χ0) is 32.4. The second-order valence-corrected chi connectivity index (χ2v) is 14.1. The van der Waals surface area contributed by atoms with Gasteiger partial charge < -0.3 is 14.4 Å². The minimum atomic E-state index is -4.81. The molecule has 1 amide bonds. The van der Waals surface area contributed by atoms with E-state index >= 15 is 4.39 Å². The van der Waals surface area contributed by atoms with E-state index in [0.717, 1.165) is 62.9 Å². The molecule has 2 heterocycles. The third-order valence-electron chi connectivity index (χ3n) is 10.0. The fourth-order valence-electron chi connectivity index (χ4n) is 6.54. The van der Waals surface area contributed by atoms with Gasteiger partial charge in [0.05, 0.1) is 11.8 Å². The SMILES string of the molecule is CC(C)(O)c1ccc(-c2cc(N(CC34CCC(c5noc(C6CC6)n5)(CC3)CC4)C(=O)OC(C)(C)C(F)(F)F)ncc2F)cc1. The van der Waals surface area contributed by atoms with Gasteiger partial charge in [0.25, 0.3) is 0 Å². The normalized spacial score (nSPS) is 23.7. The average Bonchev–Trinajstić information content (AvgIpc) is 3.71. The summed E-state index contributed by atoms with van der Waals surface area (Å²) in [6, 6.07) is 7.97. The number of halogens is 4. The van der Waals surface area contributed by atoms with Crippen LogP contribution in [0.4, 0.5) is 28.2 Å². The van der Waals surface area contributed by atoms with Gasteiger partial charge >= 0.3 is 12.3 Å². The van der Waals surface area contributed by atoms with Crippen LogP contribution >= 0.6 is 0 Å². The Balaban J connectivity index is 1.29. The van der Waals surface area contributed by atoms with Crippen molar-refractivity contribution >= 4 is 11.9 Å². The number of anilines is 1. The molecule has 0 spiro atoms. The van der Waals surface area contributed by atoms with Crippen LogP contribution in [-0.2, 0) is 15.8 Å². The van der Waals surface area contributed by atoms with Crippen molar-refractivity contribution in [2.24, 2.45) is 5.41 Å². The molecule has 12 heteroatoms. The van der Waals surface area contributed by atoms with E-state index in [2.05, 4.69) is 10.1 Å². The fraction of sp³-hybridized carbons (Fsp3) is 0.576. The minimum Gasteiger partial charge on any atom is -0.433 e. The van der Waals surface area contributed by atoms with E-state index in [4.69, 9.17) is 14.2 Å². The number of carbonyl (C=O) groups excluding carboxylic acids is 1. The van der Waals surface area contributed by atoms with Crippen molar-refractivity contribution < 1.29 is 36.7 Å². The van der Waals surface area contributed by atoms with Crippen LogP contribution in [0.1, 0.15) is 102 Å². The second kappa shape index (κ2) is 10.8. The lowest BCUT2D eigenvalue weighted by molar-refractivity contribution is -0.243. The number of aliphatic hydroxyl groups is 1. The van der Waals surface area contributed by atoms with Gasteiger partial charge in [-0.3, -0.25) is 4.90 Å².